The fraction of sp³-hybridized carbons (Fsp3) is 0.889. The van der Waals surface area contributed by atoms with Gasteiger partial charge in [-0.3, -0.25) is 0 Å². The lowest BCUT2D eigenvalue weighted by molar-refractivity contribution is 0.306. The molecular formula is C9H18N2. The van der Waals surface area contributed by atoms with Crippen molar-refractivity contribution >= 4 is 6.72 Å². The molecule has 1 fully saturated rings. The first-order chi connectivity index (χ1) is 5.33. The molecule has 2 heteroatoms. The molecule has 0 saturated carbocycles. The molecule has 0 aliphatic carbocycles. The second-order valence-electron chi connectivity index (χ2n) is 3.56. The van der Waals surface area contributed by atoms with Gasteiger partial charge in [0.2, 0.25) is 0 Å². The number of hydrogen-bond acceptors (Lipinski definition) is 2. The van der Waals surface area contributed by atoms with Crippen LogP contribution in [0.2, 0.25) is 0 Å². The molecule has 1 heterocycles. The van der Waals surface area contributed by atoms with Crippen LogP contribution in [0.5, 0.6) is 0 Å². The molecule has 0 aromatic rings. The van der Waals surface area contributed by atoms with Gasteiger partial charge >= 0.3 is 0 Å². The number of aliphatic imine (C=N–C) groups is 1. The van der Waals surface area contributed by atoms with Crippen LogP contribution in [0.25, 0.3) is 0 Å². The van der Waals surface area contributed by atoms with E-state index < -0.39 is 0 Å². The normalized spacial score (nSPS) is 30.6. The lowest BCUT2D eigenvalue weighted by Crippen LogP contribution is -2.27. The van der Waals surface area contributed by atoms with E-state index in [1.54, 1.807) is 0 Å². The molecule has 2 nitrogen and oxygen atoms in total. The third-order valence-electron chi connectivity index (χ3n) is 2.56. The maximum atomic E-state index is 4.02. The summed E-state index contributed by atoms with van der Waals surface area (Å²) in [5.41, 5.74) is 0.455. The van der Waals surface area contributed by atoms with Crippen LogP contribution in [0.15, 0.2) is 4.99 Å². The lowest BCUT2D eigenvalue weighted by Gasteiger charge is -2.25. The SMILES string of the molecule is C=NCC1(CCC)CCNC1. The standard InChI is InChI=1S/C9H18N2/c1-3-4-9(7-10-2)5-6-11-8-9/h11H,2-8H2,1H3. The van der Waals surface area contributed by atoms with Crippen molar-refractivity contribution in [2.45, 2.75) is 26.2 Å². The molecule has 11 heavy (non-hydrogen) atoms. The van der Waals surface area contributed by atoms with Gasteiger partial charge in [0.25, 0.3) is 0 Å². The Morgan fingerprint density at radius 3 is 2.91 bits per heavy atom. The minimum absolute atomic E-state index is 0.455. The van der Waals surface area contributed by atoms with E-state index in [1.165, 1.54) is 19.3 Å². The van der Waals surface area contributed by atoms with E-state index in [0.717, 1.165) is 19.6 Å². The van der Waals surface area contributed by atoms with E-state index in [1.807, 2.05) is 0 Å². The summed E-state index contributed by atoms with van der Waals surface area (Å²) < 4.78 is 0. The monoisotopic (exact) mass is 154 g/mol. The highest BCUT2D eigenvalue weighted by Gasteiger charge is 2.31. The Labute approximate surface area is 69.1 Å². The van der Waals surface area contributed by atoms with E-state index in [2.05, 4.69) is 24.0 Å². The van der Waals surface area contributed by atoms with Crippen molar-refractivity contribution < 1.29 is 0 Å². The number of rotatable bonds is 4. The summed E-state index contributed by atoms with van der Waals surface area (Å²) in [6, 6.07) is 0. The van der Waals surface area contributed by atoms with Gasteiger partial charge in [-0.1, -0.05) is 13.3 Å². The summed E-state index contributed by atoms with van der Waals surface area (Å²) in [6.45, 7) is 9.05. The van der Waals surface area contributed by atoms with Gasteiger partial charge in [-0.15, -0.1) is 0 Å². The van der Waals surface area contributed by atoms with E-state index in [0.29, 0.717) is 5.41 Å². The number of hydrogen-bond donors (Lipinski definition) is 1. The predicted molar refractivity (Wildman–Crippen MR) is 49.2 cm³/mol. The summed E-state index contributed by atoms with van der Waals surface area (Å²) in [6.07, 6.45) is 3.83. The highest BCUT2D eigenvalue weighted by Crippen LogP contribution is 2.30. The van der Waals surface area contributed by atoms with Crippen LogP contribution in [0, 0.1) is 5.41 Å². The van der Waals surface area contributed by atoms with E-state index in [-0.39, 0.29) is 0 Å². The van der Waals surface area contributed by atoms with Crippen molar-refractivity contribution in [3.63, 3.8) is 0 Å². The maximum absolute atomic E-state index is 4.02. The van der Waals surface area contributed by atoms with Crippen LogP contribution in [0.4, 0.5) is 0 Å². The van der Waals surface area contributed by atoms with Crippen molar-refractivity contribution in [1.29, 1.82) is 0 Å². The Morgan fingerprint density at radius 1 is 1.64 bits per heavy atom. The third kappa shape index (κ3) is 2.03. The summed E-state index contributed by atoms with van der Waals surface area (Å²) in [7, 11) is 0. The number of nitrogens with one attached hydrogen (secondary N) is 1. The first kappa shape index (κ1) is 8.72. The Kier molecular flexibility index (Phi) is 3.06. The van der Waals surface area contributed by atoms with E-state index in [9.17, 15) is 0 Å². The van der Waals surface area contributed by atoms with Crippen LogP contribution < -0.4 is 5.32 Å². The highest BCUT2D eigenvalue weighted by molar-refractivity contribution is 5.23. The molecule has 0 aromatic carbocycles. The second-order valence-corrected chi connectivity index (χ2v) is 3.56. The Balaban J connectivity index is 2.46. The Morgan fingerprint density at radius 2 is 2.45 bits per heavy atom. The van der Waals surface area contributed by atoms with Gasteiger partial charge in [0.1, 0.15) is 0 Å². The summed E-state index contributed by atoms with van der Waals surface area (Å²) in [5, 5.41) is 3.40. The van der Waals surface area contributed by atoms with Crippen LogP contribution in [0.3, 0.4) is 0 Å². The summed E-state index contributed by atoms with van der Waals surface area (Å²) in [5.74, 6) is 0. The largest absolute Gasteiger partial charge is 0.316 e. The predicted octanol–water partition coefficient (Wildman–Crippen LogP) is 1.47. The molecule has 1 aliphatic rings. The molecule has 0 aromatic heterocycles. The zero-order chi connectivity index (χ0) is 8.16. The average Bonchev–Trinajstić information content (AvgIpc) is 2.39. The molecule has 1 rings (SSSR count). The van der Waals surface area contributed by atoms with Crippen molar-refractivity contribution in [2.75, 3.05) is 19.6 Å². The van der Waals surface area contributed by atoms with Crippen molar-refractivity contribution in [3.05, 3.63) is 0 Å². The third-order valence-corrected chi connectivity index (χ3v) is 2.56. The smallest absolute Gasteiger partial charge is 0.0451 e. The molecule has 64 valence electrons. The second kappa shape index (κ2) is 3.86. The van der Waals surface area contributed by atoms with Crippen molar-refractivity contribution in [2.24, 2.45) is 10.4 Å². The van der Waals surface area contributed by atoms with Gasteiger partial charge in [-0.2, -0.15) is 0 Å². The first-order valence-corrected chi connectivity index (χ1v) is 4.46. The Hall–Kier alpha value is -0.370. The number of nitrogens with zero attached hydrogens (tertiary/aromatic N) is 1. The topological polar surface area (TPSA) is 24.4 Å². The molecule has 1 N–H and O–H groups in total. The molecule has 0 radical (unpaired) electrons. The maximum Gasteiger partial charge on any atom is 0.0451 e. The quantitative estimate of drug-likeness (QED) is 0.609. The van der Waals surface area contributed by atoms with Crippen LogP contribution in [-0.4, -0.2) is 26.4 Å². The fourth-order valence-electron chi connectivity index (χ4n) is 1.99. The first-order valence-electron chi connectivity index (χ1n) is 4.46. The van der Waals surface area contributed by atoms with Gasteiger partial charge in [0.15, 0.2) is 0 Å². The minimum Gasteiger partial charge on any atom is -0.316 e. The lowest BCUT2D eigenvalue weighted by atomic mass is 9.83. The zero-order valence-corrected chi connectivity index (χ0v) is 7.40. The van der Waals surface area contributed by atoms with Gasteiger partial charge in [0.05, 0.1) is 0 Å². The fourth-order valence-corrected chi connectivity index (χ4v) is 1.99. The van der Waals surface area contributed by atoms with Crippen molar-refractivity contribution in [1.82, 2.24) is 5.32 Å². The van der Waals surface area contributed by atoms with E-state index in [4.69, 9.17) is 0 Å². The van der Waals surface area contributed by atoms with Crippen LogP contribution in [0.1, 0.15) is 26.2 Å². The molecule has 1 aliphatic heterocycles. The van der Waals surface area contributed by atoms with Gasteiger partial charge < -0.3 is 10.3 Å². The van der Waals surface area contributed by atoms with E-state index >= 15 is 0 Å². The molecular weight excluding hydrogens is 136 g/mol. The zero-order valence-electron chi connectivity index (χ0n) is 7.40. The van der Waals surface area contributed by atoms with Crippen LogP contribution >= 0.6 is 0 Å². The molecule has 0 bridgehead atoms. The molecule has 0 spiro atoms. The molecule has 0 amide bonds. The van der Waals surface area contributed by atoms with Crippen LogP contribution in [-0.2, 0) is 0 Å². The molecule has 1 atom stereocenters. The molecule has 1 saturated heterocycles. The average molecular weight is 154 g/mol. The summed E-state index contributed by atoms with van der Waals surface area (Å²) in [4.78, 5) is 4.02. The summed E-state index contributed by atoms with van der Waals surface area (Å²) >= 11 is 0. The minimum atomic E-state index is 0.455. The molecule has 1 unspecified atom stereocenters. The van der Waals surface area contributed by atoms with Gasteiger partial charge in [-0.25, -0.2) is 0 Å². The highest BCUT2D eigenvalue weighted by atomic mass is 14.9. The Bertz CT molecular complexity index is 126. The van der Waals surface area contributed by atoms with Gasteiger partial charge in [0, 0.05) is 18.5 Å². The van der Waals surface area contributed by atoms with Crippen molar-refractivity contribution in [3.8, 4) is 0 Å². The van der Waals surface area contributed by atoms with Gasteiger partial charge in [-0.05, 0) is 26.1 Å².